The van der Waals surface area contributed by atoms with Gasteiger partial charge in [0.1, 0.15) is 0 Å². The highest BCUT2D eigenvalue weighted by molar-refractivity contribution is 5.82. The molecule has 0 aliphatic carbocycles. The number of nitrogens with zero attached hydrogens (tertiary/aromatic N) is 5. The van der Waals surface area contributed by atoms with Crippen LogP contribution in [-0.2, 0) is 16.8 Å². The smallest absolute Gasteiger partial charge is 0.252 e. The lowest BCUT2D eigenvalue weighted by molar-refractivity contribution is 0.0465. The van der Waals surface area contributed by atoms with E-state index >= 15 is 0 Å². The highest BCUT2D eigenvalue weighted by atomic mass is 16.5. The second kappa shape index (κ2) is 9.96. The number of rotatable bonds is 8. The molecule has 1 aliphatic rings. The first kappa shape index (κ1) is 24.5. The molecule has 34 heavy (non-hydrogen) atoms. The van der Waals surface area contributed by atoms with Gasteiger partial charge in [-0.25, -0.2) is 4.68 Å². The van der Waals surface area contributed by atoms with Crippen molar-refractivity contribution in [1.29, 1.82) is 0 Å². The van der Waals surface area contributed by atoms with Crippen molar-refractivity contribution < 1.29 is 4.74 Å². The highest BCUT2D eigenvalue weighted by Crippen LogP contribution is 2.30. The monoisotopic (exact) mass is 466 g/mol. The zero-order chi connectivity index (χ0) is 24.5. The normalized spacial score (nSPS) is 17.7. The number of fused-ring (bicyclic) bond motifs is 1. The largest absolute Gasteiger partial charge is 0.377 e. The molecular weight excluding hydrogens is 428 g/mol. The van der Waals surface area contributed by atoms with Crippen LogP contribution in [0.25, 0.3) is 10.9 Å². The van der Waals surface area contributed by atoms with Crippen LogP contribution >= 0.6 is 0 Å². The van der Waals surface area contributed by atoms with Gasteiger partial charge in [-0.15, -0.1) is 5.10 Å². The molecule has 1 aliphatic heterocycles. The first-order valence-corrected chi connectivity index (χ1v) is 12.4. The molecule has 3 heterocycles. The number of ether oxygens (including phenoxy) is 1. The molecule has 1 saturated heterocycles. The van der Waals surface area contributed by atoms with E-state index in [9.17, 15) is 4.79 Å². The zero-order valence-corrected chi connectivity index (χ0v) is 21.4. The second-order valence-electron chi connectivity index (χ2n) is 10.7. The maximum atomic E-state index is 13.2. The van der Waals surface area contributed by atoms with Crippen molar-refractivity contribution in [2.24, 2.45) is 0 Å². The Labute approximate surface area is 201 Å². The lowest BCUT2D eigenvalue weighted by Crippen LogP contribution is -2.39. The minimum absolute atomic E-state index is 0.0160. The number of nitrogens with one attached hydrogen (secondary N) is 1. The average molecular weight is 467 g/mol. The number of pyridine rings is 1. The van der Waals surface area contributed by atoms with Crippen molar-refractivity contribution >= 4 is 10.9 Å². The van der Waals surface area contributed by atoms with Crippen molar-refractivity contribution in [2.45, 2.75) is 91.5 Å². The fraction of sp³-hybridized carbons (Fsp3) is 0.615. The number of aryl methyl sites for hydroxylation is 2. The van der Waals surface area contributed by atoms with E-state index in [0.717, 1.165) is 66.7 Å². The Balaban J connectivity index is 1.76. The maximum absolute atomic E-state index is 13.2. The van der Waals surface area contributed by atoms with Crippen molar-refractivity contribution in [1.82, 2.24) is 30.1 Å². The van der Waals surface area contributed by atoms with Crippen molar-refractivity contribution in [3.8, 4) is 0 Å². The summed E-state index contributed by atoms with van der Waals surface area (Å²) in [5, 5.41) is 13.9. The van der Waals surface area contributed by atoms with Crippen LogP contribution in [0.3, 0.4) is 0 Å². The van der Waals surface area contributed by atoms with Gasteiger partial charge in [0, 0.05) is 25.3 Å². The van der Waals surface area contributed by atoms with E-state index in [2.05, 4.69) is 72.2 Å². The van der Waals surface area contributed by atoms with Gasteiger partial charge < -0.3 is 9.72 Å². The summed E-state index contributed by atoms with van der Waals surface area (Å²) >= 11 is 0. The van der Waals surface area contributed by atoms with Crippen molar-refractivity contribution in [3.05, 3.63) is 51.1 Å². The molecule has 184 valence electrons. The van der Waals surface area contributed by atoms with E-state index in [-0.39, 0.29) is 23.2 Å². The van der Waals surface area contributed by atoms with Crippen LogP contribution in [0.4, 0.5) is 0 Å². The second-order valence-corrected chi connectivity index (χ2v) is 10.7. The van der Waals surface area contributed by atoms with E-state index in [4.69, 9.17) is 4.74 Å². The lowest BCUT2D eigenvalue weighted by atomic mass is 10.0. The van der Waals surface area contributed by atoms with Gasteiger partial charge >= 0.3 is 0 Å². The Morgan fingerprint density at radius 3 is 2.74 bits per heavy atom. The number of tetrazole rings is 1. The Morgan fingerprint density at radius 2 is 2.06 bits per heavy atom. The molecule has 4 rings (SSSR count). The Bertz CT molecular complexity index is 1190. The van der Waals surface area contributed by atoms with E-state index in [1.54, 1.807) is 0 Å². The first-order chi connectivity index (χ1) is 16.2. The number of hydrogen-bond acceptors (Lipinski definition) is 6. The molecular formula is C26H38N6O2. The molecule has 1 fully saturated rings. The number of H-pyrrole nitrogens is 1. The summed E-state index contributed by atoms with van der Waals surface area (Å²) in [6.07, 6.45) is 4.14. The van der Waals surface area contributed by atoms with Crippen LogP contribution in [0, 0.1) is 13.8 Å². The number of aromatic nitrogens is 5. The SMILES string of the molecule is CCC[C@H](c1nnnn1C(C)(C)C)N(Cc1cc2cc(C)cc(C)c2[nH]c1=O)C[C@H]1CCCO1. The third kappa shape index (κ3) is 5.23. The molecule has 0 amide bonds. The van der Waals surface area contributed by atoms with Gasteiger partial charge in [-0.2, -0.15) is 0 Å². The molecule has 0 saturated carbocycles. The van der Waals surface area contributed by atoms with Gasteiger partial charge in [-0.1, -0.05) is 25.0 Å². The summed E-state index contributed by atoms with van der Waals surface area (Å²) < 4.78 is 7.93. The molecule has 2 aromatic heterocycles. The molecule has 1 N–H and O–H groups in total. The molecule has 3 aromatic rings. The van der Waals surface area contributed by atoms with E-state index < -0.39 is 0 Å². The summed E-state index contributed by atoms with van der Waals surface area (Å²) in [6.45, 7) is 14.7. The van der Waals surface area contributed by atoms with E-state index in [1.807, 2.05) is 17.7 Å². The molecule has 0 unspecified atom stereocenters. The van der Waals surface area contributed by atoms with Crippen LogP contribution in [0.1, 0.15) is 81.9 Å². The minimum Gasteiger partial charge on any atom is -0.377 e. The fourth-order valence-electron chi connectivity index (χ4n) is 5.05. The van der Waals surface area contributed by atoms with E-state index in [0.29, 0.717) is 6.54 Å². The van der Waals surface area contributed by atoms with Gasteiger partial charge in [0.05, 0.1) is 23.2 Å². The van der Waals surface area contributed by atoms with Crippen LogP contribution in [0.5, 0.6) is 0 Å². The van der Waals surface area contributed by atoms with Gasteiger partial charge in [-0.05, 0) is 87.4 Å². The third-order valence-corrected chi connectivity index (χ3v) is 6.64. The summed E-state index contributed by atoms with van der Waals surface area (Å²) in [5.41, 5.74) is 3.66. The number of benzene rings is 1. The molecule has 8 nitrogen and oxygen atoms in total. The Morgan fingerprint density at radius 1 is 1.26 bits per heavy atom. The molecule has 8 heteroatoms. The van der Waals surface area contributed by atoms with Gasteiger partial charge in [0.2, 0.25) is 0 Å². The number of aromatic amines is 1. The lowest BCUT2D eigenvalue weighted by Gasteiger charge is -2.34. The predicted molar refractivity (Wildman–Crippen MR) is 134 cm³/mol. The molecule has 2 atom stereocenters. The van der Waals surface area contributed by atoms with Crippen molar-refractivity contribution in [2.75, 3.05) is 13.2 Å². The standard InChI is InChI=1S/C26H38N6O2/c1-7-9-22(24-28-29-30-32(24)26(4,5)6)31(16-21-10-8-11-34-21)15-20-14-19-13-17(2)12-18(3)23(19)27-25(20)33/h12-14,21-22H,7-11,15-16H2,1-6H3,(H,27,33)/t21-,22-/m1/s1. The molecule has 0 spiro atoms. The van der Waals surface area contributed by atoms with Gasteiger partial charge in [-0.3, -0.25) is 9.69 Å². The average Bonchev–Trinajstić information content (AvgIpc) is 3.44. The van der Waals surface area contributed by atoms with Crippen LogP contribution < -0.4 is 5.56 Å². The van der Waals surface area contributed by atoms with Crippen LogP contribution in [0.2, 0.25) is 0 Å². The van der Waals surface area contributed by atoms with Gasteiger partial charge in [0.25, 0.3) is 5.56 Å². The first-order valence-electron chi connectivity index (χ1n) is 12.4. The molecule has 0 radical (unpaired) electrons. The maximum Gasteiger partial charge on any atom is 0.252 e. The van der Waals surface area contributed by atoms with Crippen LogP contribution in [0.15, 0.2) is 23.0 Å². The summed E-state index contributed by atoms with van der Waals surface area (Å²) in [7, 11) is 0. The van der Waals surface area contributed by atoms with Crippen LogP contribution in [-0.4, -0.2) is 49.3 Å². The third-order valence-electron chi connectivity index (χ3n) is 6.64. The molecule has 1 aromatic carbocycles. The Hall–Kier alpha value is -2.58. The van der Waals surface area contributed by atoms with Crippen molar-refractivity contribution in [3.63, 3.8) is 0 Å². The van der Waals surface area contributed by atoms with Gasteiger partial charge in [0.15, 0.2) is 5.82 Å². The molecule has 0 bridgehead atoms. The number of hydrogen-bond donors (Lipinski definition) is 1. The summed E-state index contributed by atoms with van der Waals surface area (Å²) in [6, 6.07) is 6.27. The zero-order valence-electron chi connectivity index (χ0n) is 21.4. The topological polar surface area (TPSA) is 88.9 Å². The summed E-state index contributed by atoms with van der Waals surface area (Å²) in [5.74, 6) is 0.844. The quantitative estimate of drug-likeness (QED) is 0.529. The van der Waals surface area contributed by atoms with E-state index in [1.165, 1.54) is 5.56 Å². The highest BCUT2D eigenvalue weighted by Gasteiger charge is 2.32. The summed E-state index contributed by atoms with van der Waals surface area (Å²) in [4.78, 5) is 18.7. The predicted octanol–water partition coefficient (Wildman–Crippen LogP) is 4.41. The Kier molecular flexibility index (Phi) is 7.19. The minimum atomic E-state index is -0.240. The fourth-order valence-corrected chi connectivity index (χ4v) is 5.05.